The van der Waals surface area contributed by atoms with Crippen LogP contribution in [0, 0.1) is 0 Å². The zero-order valence-electron chi connectivity index (χ0n) is 10.0. The highest BCUT2D eigenvalue weighted by Crippen LogP contribution is 2.35. The molecule has 1 aliphatic rings. The highest BCUT2D eigenvalue weighted by Gasteiger charge is 2.24. The largest absolute Gasteiger partial charge is 0.491 e. The topological polar surface area (TPSA) is 47.0 Å². The summed E-state index contributed by atoms with van der Waals surface area (Å²) < 4.78 is 6.76. The SMILES string of the molecule is c1ccc2c(c1)OCC2Nc1ncnc2ccsc12. The first-order chi connectivity index (χ1) is 9.42. The summed E-state index contributed by atoms with van der Waals surface area (Å²) >= 11 is 1.65. The molecule has 4 rings (SSSR count). The third kappa shape index (κ3) is 1.74. The Labute approximate surface area is 114 Å². The molecule has 0 fully saturated rings. The van der Waals surface area contributed by atoms with E-state index in [4.69, 9.17) is 4.74 Å². The Morgan fingerprint density at radius 2 is 2.16 bits per heavy atom. The molecule has 1 atom stereocenters. The maximum Gasteiger partial charge on any atom is 0.148 e. The standard InChI is InChI=1S/C14H11N3OS/c1-2-4-12-9(3-1)11(7-18-12)17-14-13-10(5-6-19-13)15-8-16-14/h1-6,8,11H,7H2,(H,15,16,17). The first-order valence-electron chi connectivity index (χ1n) is 6.08. The number of aromatic nitrogens is 2. The molecule has 0 bridgehead atoms. The van der Waals surface area contributed by atoms with Gasteiger partial charge in [0.15, 0.2) is 0 Å². The molecule has 94 valence electrons. The Hall–Kier alpha value is -2.14. The zero-order chi connectivity index (χ0) is 12.7. The van der Waals surface area contributed by atoms with Crippen LogP contribution in [0.4, 0.5) is 5.82 Å². The molecular weight excluding hydrogens is 258 g/mol. The lowest BCUT2D eigenvalue weighted by Gasteiger charge is -2.12. The van der Waals surface area contributed by atoms with E-state index in [1.807, 2.05) is 29.6 Å². The Morgan fingerprint density at radius 3 is 3.16 bits per heavy atom. The molecule has 0 saturated heterocycles. The zero-order valence-corrected chi connectivity index (χ0v) is 10.9. The maximum atomic E-state index is 5.67. The average molecular weight is 269 g/mol. The predicted octanol–water partition coefficient (Wildman–Crippen LogP) is 3.24. The number of nitrogens with one attached hydrogen (secondary N) is 1. The number of thiophene rings is 1. The van der Waals surface area contributed by atoms with E-state index >= 15 is 0 Å². The van der Waals surface area contributed by atoms with Gasteiger partial charge >= 0.3 is 0 Å². The van der Waals surface area contributed by atoms with Crippen molar-refractivity contribution < 1.29 is 4.74 Å². The molecule has 1 unspecified atom stereocenters. The van der Waals surface area contributed by atoms with E-state index in [0.29, 0.717) is 6.61 Å². The van der Waals surface area contributed by atoms with Gasteiger partial charge in [-0.25, -0.2) is 9.97 Å². The summed E-state index contributed by atoms with van der Waals surface area (Å²) in [6.07, 6.45) is 1.60. The number of hydrogen-bond acceptors (Lipinski definition) is 5. The van der Waals surface area contributed by atoms with E-state index in [0.717, 1.165) is 21.8 Å². The summed E-state index contributed by atoms with van der Waals surface area (Å²) in [5.41, 5.74) is 2.17. The fourth-order valence-electron chi connectivity index (χ4n) is 2.34. The van der Waals surface area contributed by atoms with Gasteiger partial charge in [0.1, 0.15) is 24.5 Å². The summed E-state index contributed by atoms with van der Waals surface area (Å²) in [5.74, 6) is 1.83. The number of nitrogens with zero attached hydrogens (tertiary/aromatic N) is 2. The predicted molar refractivity (Wildman–Crippen MR) is 75.7 cm³/mol. The van der Waals surface area contributed by atoms with Crippen LogP contribution in [0.15, 0.2) is 42.0 Å². The number of para-hydroxylation sites is 1. The van der Waals surface area contributed by atoms with Gasteiger partial charge in [0.2, 0.25) is 0 Å². The van der Waals surface area contributed by atoms with E-state index in [9.17, 15) is 0 Å². The van der Waals surface area contributed by atoms with E-state index in [2.05, 4.69) is 21.4 Å². The lowest BCUT2D eigenvalue weighted by molar-refractivity contribution is 0.339. The molecule has 1 N–H and O–H groups in total. The van der Waals surface area contributed by atoms with Crippen molar-refractivity contribution in [1.29, 1.82) is 0 Å². The minimum atomic E-state index is 0.149. The van der Waals surface area contributed by atoms with Gasteiger partial charge in [0, 0.05) is 5.56 Å². The monoisotopic (exact) mass is 269 g/mol. The molecule has 5 heteroatoms. The van der Waals surface area contributed by atoms with Crippen molar-refractivity contribution in [3.8, 4) is 5.75 Å². The van der Waals surface area contributed by atoms with Crippen LogP contribution >= 0.6 is 11.3 Å². The van der Waals surface area contributed by atoms with Gasteiger partial charge in [-0.05, 0) is 17.5 Å². The summed E-state index contributed by atoms with van der Waals surface area (Å²) in [6.45, 7) is 0.635. The minimum absolute atomic E-state index is 0.149. The lowest BCUT2D eigenvalue weighted by Crippen LogP contribution is -2.13. The van der Waals surface area contributed by atoms with Gasteiger partial charge in [0.25, 0.3) is 0 Å². The van der Waals surface area contributed by atoms with Crippen LogP contribution in [0.5, 0.6) is 5.75 Å². The van der Waals surface area contributed by atoms with Crippen LogP contribution in [0.25, 0.3) is 10.2 Å². The minimum Gasteiger partial charge on any atom is -0.491 e. The Balaban J connectivity index is 1.71. The van der Waals surface area contributed by atoms with E-state index in [1.54, 1.807) is 17.7 Å². The first-order valence-corrected chi connectivity index (χ1v) is 6.96. The smallest absolute Gasteiger partial charge is 0.148 e. The van der Waals surface area contributed by atoms with Crippen LogP contribution in [-0.2, 0) is 0 Å². The summed E-state index contributed by atoms with van der Waals surface area (Å²) in [5, 5.41) is 5.49. The lowest BCUT2D eigenvalue weighted by atomic mass is 10.1. The molecule has 2 aromatic heterocycles. The highest BCUT2D eigenvalue weighted by molar-refractivity contribution is 7.17. The molecule has 0 amide bonds. The summed E-state index contributed by atoms with van der Waals surface area (Å²) in [7, 11) is 0. The van der Waals surface area contributed by atoms with Gasteiger partial charge in [-0.1, -0.05) is 18.2 Å². The van der Waals surface area contributed by atoms with Crippen molar-refractivity contribution in [2.24, 2.45) is 0 Å². The number of benzene rings is 1. The molecule has 0 aliphatic carbocycles. The quantitative estimate of drug-likeness (QED) is 0.776. The summed E-state index contributed by atoms with van der Waals surface area (Å²) in [4.78, 5) is 8.60. The molecular formula is C14H11N3OS. The highest BCUT2D eigenvalue weighted by atomic mass is 32.1. The molecule has 0 saturated carbocycles. The normalized spacial score (nSPS) is 17.2. The second kappa shape index (κ2) is 4.20. The molecule has 3 heterocycles. The third-order valence-corrected chi connectivity index (χ3v) is 4.16. The van der Waals surface area contributed by atoms with Gasteiger partial charge in [-0.3, -0.25) is 0 Å². The van der Waals surface area contributed by atoms with Crippen molar-refractivity contribution in [2.75, 3.05) is 11.9 Å². The van der Waals surface area contributed by atoms with Gasteiger partial charge in [-0.15, -0.1) is 11.3 Å². The number of fused-ring (bicyclic) bond motifs is 2. The van der Waals surface area contributed by atoms with E-state index in [1.165, 1.54) is 5.56 Å². The second-order valence-electron chi connectivity index (χ2n) is 4.40. The van der Waals surface area contributed by atoms with Crippen molar-refractivity contribution in [2.45, 2.75) is 6.04 Å². The van der Waals surface area contributed by atoms with Crippen LogP contribution < -0.4 is 10.1 Å². The number of rotatable bonds is 2. The third-order valence-electron chi connectivity index (χ3n) is 3.25. The van der Waals surface area contributed by atoms with E-state index < -0.39 is 0 Å². The van der Waals surface area contributed by atoms with Crippen LogP contribution in [0.2, 0.25) is 0 Å². The van der Waals surface area contributed by atoms with Crippen molar-refractivity contribution in [3.63, 3.8) is 0 Å². The van der Waals surface area contributed by atoms with Crippen molar-refractivity contribution in [3.05, 3.63) is 47.6 Å². The van der Waals surface area contributed by atoms with Crippen LogP contribution in [0.1, 0.15) is 11.6 Å². The van der Waals surface area contributed by atoms with E-state index in [-0.39, 0.29) is 6.04 Å². The second-order valence-corrected chi connectivity index (χ2v) is 5.32. The van der Waals surface area contributed by atoms with Gasteiger partial charge in [0.05, 0.1) is 16.3 Å². The number of anilines is 1. The molecule has 3 aromatic rings. The number of ether oxygens (including phenoxy) is 1. The van der Waals surface area contributed by atoms with Crippen molar-refractivity contribution in [1.82, 2.24) is 9.97 Å². The van der Waals surface area contributed by atoms with Crippen LogP contribution in [-0.4, -0.2) is 16.6 Å². The van der Waals surface area contributed by atoms with Crippen LogP contribution in [0.3, 0.4) is 0 Å². The Bertz CT molecular complexity index is 740. The average Bonchev–Trinajstić information content (AvgIpc) is 3.06. The maximum absolute atomic E-state index is 5.67. The molecule has 0 radical (unpaired) electrons. The molecule has 4 nitrogen and oxygen atoms in total. The molecule has 1 aliphatic heterocycles. The molecule has 0 spiro atoms. The Kier molecular flexibility index (Phi) is 2.38. The Morgan fingerprint density at radius 1 is 1.21 bits per heavy atom. The van der Waals surface area contributed by atoms with Gasteiger partial charge < -0.3 is 10.1 Å². The first kappa shape index (κ1) is 10.8. The number of hydrogen-bond donors (Lipinski definition) is 1. The fraction of sp³-hybridized carbons (Fsp3) is 0.143. The molecule has 19 heavy (non-hydrogen) atoms. The summed E-state index contributed by atoms with van der Waals surface area (Å²) in [6, 6.07) is 10.3. The molecule has 1 aromatic carbocycles. The fourth-order valence-corrected chi connectivity index (χ4v) is 3.14. The van der Waals surface area contributed by atoms with Crippen molar-refractivity contribution >= 4 is 27.4 Å². The van der Waals surface area contributed by atoms with Gasteiger partial charge in [-0.2, -0.15) is 0 Å².